The van der Waals surface area contributed by atoms with Crippen molar-refractivity contribution in [2.75, 3.05) is 6.54 Å². The molecule has 1 atom stereocenters. The summed E-state index contributed by atoms with van der Waals surface area (Å²) in [6, 6.07) is 6.80. The third kappa shape index (κ3) is 2.78. The minimum absolute atomic E-state index is 0.539. The van der Waals surface area contributed by atoms with Gasteiger partial charge in [0.2, 0.25) is 0 Å². The molecule has 0 aromatic heterocycles. The molecule has 0 saturated heterocycles. The van der Waals surface area contributed by atoms with Gasteiger partial charge in [-0.25, -0.2) is 0 Å². The van der Waals surface area contributed by atoms with E-state index < -0.39 is 0 Å². The molecule has 16 heavy (non-hydrogen) atoms. The molecular formula is C14H20ClN. The van der Waals surface area contributed by atoms with Crippen LogP contribution in [-0.2, 0) is 0 Å². The van der Waals surface area contributed by atoms with Crippen LogP contribution in [0.3, 0.4) is 0 Å². The summed E-state index contributed by atoms with van der Waals surface area (Å²) in [5.41, 5.74) is 2.74. The average molecular weight is 238 g/mol. The number of hydrogen-bond donors (Lipinski definition) is 1. The fourth-order valence-electron chi connectivity index (χ4n) is 2.25. The van der Waals surface area contributed by atoms with Gasteiger partial charge in [0.15, 0.2) is 0 Å². The van der Waals surface area contributed by atoms with Gasteiger partial charge in [0, 0.05) is 11.1 Å². The predicted molar refractivity (Wildman–Crippen MR) is 69.9 cm³/mol. The number of benzene rings is 1. The third-order valence-electron chi connectivity index (χ3n) is 3.27. The largest absolute Gasteiger partial charge is 0.310 e. The summed E-state index contributed by atoms with van der Waals surface area (Å²) in [5, 5.41) is 4.50. The zero-order valence-corrected chi connectivity index (χ0v) is 10.8. The van der Waals surface area contributed by atoms with Crippen molar-refractivity contribution in [3.8, 4) is 0 Å². The zero-order chi connectivity index (χ0) is 11.5. The van der Waals surface area contributed by atoms with E-state index in [1.54, 1.807) is 0 Å². The van der Waals surface area contributed by atoms with Crippen LogP contribution in [-0.4, -0.2) is 6.54 Å². The third-order valence-corrected chi connectivity index (χ3v) is 3.51. The minimum Gasteiger partial charge on any atom is -0.310 e. The van der Waals surface area contributed by atoms with Crippen molar-refractivity contribution >= 4 is 11.6 Å². The van der Waals surface area contributed by atoms with Gasteiger partial charge < -0.3 is 5.32 Å². The second kappa shape index (κ2) is 5.20. The molecule has 2 rings (SSSR count). The molecule has 0 bridgehead atoms. The minimum atomic E-state index is 0.539. The van der Waals surface area contributed by atoms with E-state index in [1.807, 2.05) is 6.07 Å². The second-order valence-corrected chi connectivity index (χ2v) is 5.21. The first kappa shape index (κ1) is 11.9. The molecule has 1 aliphatic carbocycles. The monoisotopic (exact) mass is 237 g/mol. The lowest BCUT2D eigenvalue weighted by Crippen LogP contribution is -2.24. The van der Waals surface area contributed by atoms with Gasteiger partial charge in [-0.15, -0.1) is 0 Å². The van der Waals surface area contributed by atoms with Gasteiger partial charge in [-0.05, 0) is 61.9 Å². The van der Waals surface area contributed by atoms with Crippen LogP contribution in [0.5, 0.6) is 0 Å². The van der Waals surface area contributed by atoms with Crippen LogP contribution in [0.1, 0.15) is 43.4 Å². The molecule has 0 spiro atoms. The van der Waals surface area contributed by atoms with Crippen molar-refractivity contribution in [1.29, 1.82) is 0 Å². The van der Waals surface area contributed by atoms with Crippen LogP contribution < -0.4 is 5.32 Å². The Morgan fingerprint density at radius 3 is 2.75 bits per heavy atom. The standard InChI is InChI=1S/C14H20ClN/c1-3-8-16-14(11-4-5-11)13-7-6-12(15)9-10(13)2/h6-7,9,11,14,16H,3-5,8H2,1-2H3. The Morgan fingerprint density at radius 1 is 1.44 bits per heavy atom. The molecule has 88 valence electrons. The van der Waals surface area contributed by atoms with E-state index in [-0.39, 0.29) is 0 Å². The molecule has 1 fully saturated rings. The molecule has 1 aromatic carbocycles. The summed E-state index contributed by atoms with van der Waals surface area (Å²) in [6.07, 6.45) is 3.92. The van der Waals surface area contributed by atoms with Crippen molar-refractivity contribution < 1.29 is 0 Å². The fraction of sp³-hybridized carbons (Fsp3) is 0.571. The maximum Gasteiger partial charge on any atom is 0.0408 e. The molecule has 1 nitrogen and oxygen atoms in total. The Balaban J connectivity index is 2.17. The second-order valence-electron chi connectivity index (χ2n) is 4.77. The summed E-state index contributed by atoms with van der Waals surface area (Å²) in [4.78, 5) is 0. The van der Waals surface area contributed by atoms with Crippen molar-refractivity contribution in [3.63, 3.8) is 0 Å². The fourth-order valence-corrected chi connectivity index (χ4v) is 2.47. The van der Waals surface area contributed by atoms with Crippen LogP contribution in [0.4, 0.5) is 0 Å². The quantitative estimate of drug-likeness (QED) is 0.813. The molecule has 0 radical (unpaired) electrons. The first-order chi connectivity index (χ1) is 7.72. The molecule has 1 aliphatic rings. The zero-order valence-electron chi connectivity index (χ0n) is 10.1. The maximum absolute atomic E-state index is 6.00. The lowest BCUT2D eigenvalue weighted by molar-refractivity contribution is 0.479. The molecule has 1 saturated carbocycles. The molecule has 1 aromatic rings. The van der Waals surface area contributed by atoms with E-state index in [2.05, 4.69) is 31.3 Å². The van der Waals surface area contributed by atoms with Gasteiger partial charge in [-0.1, -0.05) is 24.6 Å². The Bertz CT molecular complexity index is 358. The number of halogens is 1. The predicted octanol–water partition coefficient (Wildman–Crippen LogP) is 4.10. The van der Waals surface area contributed by atoms with Gasteiger partial charge >= 0.3 is 0 Å². The van der Waals surface area contributed by atoms with Gasteiger partial charge in [-0.3, -0.25) is 0 Å². The lowest BCUT2D eigenvalue weighted by Gasteiger charge is -2.20. The van der Waals surface area contributed by atoms with Gasteiger partial charge in [0.1, 0.15) is 0 Å². The van der Waals surface area contributed by atoms with Gasteiger partial charge in [0.05, 0.1) is 0 Å². The van der Waals surface area contributed by atoms with E-state index in [0.29, 0.717) is 6.04 Å². The summed E-state index contributed by atoms with van der Waals surface area (Å²) in [6.45, 7) is 5.47. The molecule has 1 N–H and O–H groups in total. The summed E-state index contributed by atoms with van der Waals surface area (Å²) in [7, 11) is 0. The molecular weight excluding hydrogens is 218 g/mol. The molecule has 0 aliphatic heterocycles. The van der Waals surface area contributed by atoms with Gasteiger partial charge in [-0.2, -0.15) is 0 Å². The van der Waals surface area contributed by atoms with E-state index >= 15 is 0 Å². The Labute approximate surface area is 103 Å². The maximum atomic E-state index is 6.00. The highest BCUT2D eigenvalue weighted by molar-refractivity contribution is 6.30. The highest BCUT2D eigenvalue weighted by Gasteiger charge is 2.32. The topological polar surface area (TPSA) is 12.0 Å². The van der Waals surface area contributed by atoms with E-state index in [4.69, 9.17) is 11.6 Å². The normalized spacial score (nSPS) is 17.4. The first-order valence-corrected chi connectivity index (χ1v) is 6.59. The van der Waals surface area contributed by atoms with Crippen molar-refractivity contribution in [2.24, 2.45) is 5.92 Å². The number of rotatable bonds is 5. The molecule has 2 heteroatoms. The summed E-state index contributed by atoms with van der Waals surface area (Å²) in [5.74, 6) is 0.839. The number of hydrogen-bond acceptors (Lipinski definition) is 1. The van der Waals surface area contributed by atoms with Crippen LogP contribution in [0.2, 0.25) is 5.02 Å². The smallest absolute Gasteiger partial charge is 0.0408 e. The van der Waals surface area contributed by atoms with Crippen LogP contribution in [0, 0.1) is 12.8 Å². The van der Waals surface area contributed by atoms with Crippen LogP contribution in [0.25, 0.3) is 0 Å². The van der Waals surface area contributed by atoms with Crippen LogP contribution >= 0.6 is 11.6 Å². The summed E-state index contributed by atoms with van der Waals surface area (Å²) >= 11 is 6.00. The van der Waals surface area contributed by atoms with E-state index in [1.165, 1.54) is 30.4 Å². The number of nitrogens with one attached hydrogen (secondary N) is 1. The molecule has 0 amide bonds. The number of aryl methyl sites for hydroxylation is 1. The van der Waals surface area contributed by atoms with E-state index in [0.717, 1.165) is 17.5 Å². The van der Waals surface area contributed by atoms with Crippen LogP contribution in [0.15, 0.2) is 18.2 Å². The van der Waals surface area contributed by atoms with Crippen molar-refractivity contribution in [3.05, 3.63) is 34.3 Å². The Hall–Kier alpha value is -0.530. The average Bonchev–Trinajstić information content (AvgIpc) is 3.05. The highest BCUT2D eigenvalue weighted by Crippen LogP contribution is 2.42. The Kier molecular flexibility index (Phi) is 3.88. The van der Waals surface area contributed by atoms with Gasteiger partial charge in [0.25, 0.3) is 0 Å². The summed E-state index contributed by atoms with van der Waals surface area (Å²) < 4.78 is 0. The van der Waals surface area contributed by atoms with Crippen molar-refractivity contribution in [2.45, 2.75) is 39.2 Å². The molecule has 0 heterocycles. The SMILES string of the molecule is CCCNC(c1ccc(Cl)cc1C)C1CC1. The Morgan fingerprint density at radius 2 is 2.19 bits per heavy atom. The first-order valence-electron chi connectivity index (χ1n) is 6.21. The van der Waals surface area contributed by atoms with Crippen molar-refractivity contribution in [1.82, 2.24) is 5.32 Å². The highest BCUT2D eigenvalue weighted by atomic mass is 35.5. The lowest BCUT2D eigenvalue weighted by atomic mass is 9.97. The van der Waals surface area contributed by atoms with E-state index in [9.17, 15) is 0 Å². The molecule has 1 unspecified atom stereocenters.